The van der Waals surface area contributed by atoms with E-state index in [1.165, 1.54) is 11.8 Å². The van der Waals surface area contributed by atoms with Gasteiger partial charge in [-0.25, -0.2) is 4.98 Å². The Morgan fingerprint density at radius 2 is 2.47 bits per heavy atom. The summed E-state index contributed by atoms with van der Waals surface area (Å²) in [5.41, 5.74) is 0. The number of amides is 1. The highest BCUT2D eigenvalue weighted by molar-refractivity contribution is 7.99. The maximum atomic E-state index is 11.4. The topological polar surface area (TPSA) is 46.9 Å². The van der Waals surface area contributed by atoms with Gasteiger partial charge in [0.05, 0.1) is 5.75 Å². The largest absolute Gasteiger partial charge is 0.353 e. The number of nitrogens with zero attached hydrogens (tertiary/aromatic N) is 2. The molecule has 1 unspecified atom stereocenters. The lowest BCUT2D eigenvalue weighted by molar-refractivity contribution is -0.119. The third-order valence-electron chi connectivity index (χ3n) is 2.13. The molecular weight excluding hydrogens is 210 g/mol. The van der Waals surface area contributed by atoms with E-state index in [2.05, 4.69) is 17.2 Å². The summed E-state index contributed by atoms with van der Waals surface area (Å²) in [7, 11) is 1.92. The van der Waals surface area contributed by atoms with Crippen LogP contribution in [0.15, 0.2) is 17.6 Å². The third kappa shape index (κ3) is 3.95. The fourth-order valence-electron chi connectivity index (χ4n) is 1.04. The highest BCUT2D eigenvalue weighted by atomic mass is 32.2. The van der Waals surface area contributed by atoms with Crippen molar-refractivity contribution >= 4 is 17.7 Å². The van der Waals surface area contributed by atoms with E-state index in [1.54, 1.807) is 6.20 Å². The molecule has 5 heteroatoms. The summed E-state index contributed by atoms with van der Waals surface area (Å²) in [5.74, 6) is 0.493. The monoisotopic (exact) mass is 227 g/mol. The minimum absolute atomic E-state index is 0.0670. The zero-order valence-electron chi connectivity index (χ0n) is 9.36. The molecule has 1 heterocycles. The van der Waals surface area contributed by atoms with E-state index in [1.807, 2.05) is 24.7 Å². The molecule has 1 aromatic rings. The predicted molar refractivity (Wildman–Crippen MR) is 61.8 cm³/mol. The van der Waals surface area contributed by atoms with Gasteiger partial charge in [0.2, 0.25) is 5.91 Å². The zero-order chi connectivity index (χ0) is 11.3. The van der Waals surface area contributed by atoms with Gasteiger partial charge in [-0.05, 0) is 13.3 Å². The number of nitrogens with one attached hydrogen (secondary N) is 1. The average Bonchev–Trinajstić information content (AvgIpc) is 2.61. The Balaban J connectivity index is 2.31. The van der Waals surface area contributed by atoms with Gasteiger partial charge in [-0.1, -0.05) is 18.7 Å². The molecule has 1 N–H and O–H groups in total. The molecule has 0 aliphatic carbocycles. The van der Waals surface area contributed by atoms with E-state index < -0.39 is 0 Å². The van der Waals surface area contributed by atoms with Crippen LogP contribution in [0.1, 0.15) is 20.3 Å². The van der Waals surface area contributed by atoms with E-state index in [-0.39, 0.29) is 11.9 Å². The molecule has 4 nitrogen and oxygen atoms in total. The van der Waals surface area contributed by atoms with E-state index in [0.29, 0.717) is 5.75 Å². The van der Waals surface area contributed by atoms with Gasteiger partial charge in [-0.3, -0.25) is 4.79 Å². The van der Waals surface area contributed by atoms with Gasteiger partial charge in [0, 0.05) is 25.5 Å². The van der Waals surface area contributed by atoms with Crippen LogP contribution in [0, 0.1) is 0 Å². The molecule has 0 fully saturated rings. The van der Waals surface area contributed by atoms with Crippen molar-refractivity contribution in [2.45, 2.75) is 31.5 Å². The lowest BCUT2D eigenvalue weighted by Gasteiger charge is -2.10. The molecule has 1 amide bonds. The molecule has 1 rings (SSSR count). The van der Waals surface area contributed by atoms with E-state index in [4.69, 9.17) is 0 Å². The molecule has 0 spiro atoms. The Hall–Kier alpha value is -0.970. The van der Waals surface area contributed by atoms with E-state index in [9.17, 15) is 4.79 Å². The molecule has 0 saturated carbocycles. The Morgan fingerprint density at radius 3 is 3.00 bits per heavy atom. The van der Waals surface area contributed by atoms with Crippen LogP contribution in [0.2, 0.25) is 0 Å². The lowest BCUT2D eigenvalue weighted by atomic mass is 10.3. The summed E-state index contributed by atoms with van der Waals surface area (Å²) in [5, 5.41) is 3.78. The predicted octanol–water partition coefficient (Wildman–Crippen LogP) is 1.43. The van der Waals surface area contributed by atoms with Crippen molar-refractivity contribution in [1.82, 2.24) is 14.9 Å². The van der Waals surface area contributed by atoms with Crippen LogP contribution in [-0.2, 0) is 11.8 Å². The number of rotatable bonds is 5. The maximum absolute atomic E-state index is 11.4. The number of imidazole rings is 1. The molecule has 0 bridgehead atoms. The molecule has 15 heavy (non-hydrogen) atoms. The fraction of sp³-hybridized carbons (Fsp3) is 0.600. The first-order valence-electron chi connectivity index (χ1n) is 5.03. The van der Waals surface area contributed by atoms with Gasteiger partial charge in [0.25, 0.3) is 0 Å². The second-order valence-electron chi connectivity index (χ2n) is 3.49. The van der Waals surface area contributed by atoms with Crippen LogP contribution in [0.3, 0.4) is 0 Å². The average molecular weight is 227 g/mol. The summed E-state index contributed by atoms with van der Waals surface area (Å²) in [6.45, 7) is 4.06. The highest BCUT2D eigenvalue weighted by Crippen LogP contribution is 2.13. The van der Waals surface area contributed by atoms with Gasteiger partial charge in [-0.2, -0.15) is 0 Å². The van der Waals surface area contributed by atoms with E-state index in [0.717, 1.165) is 11.6 Å². The number of carbonyl (C=O) groups is 1. The smallest absolute Gasteiger partial charge is 0.230 e. The third-order valence-corrected chi connectivity index (χ3v) is 3.19. The fourth-order valence-corrected chi connectivity index (χ4v) is 1.78. The minimum Gasteiger partial charge on any atom is -0.353 e. The first-order valence-corrected chi connectivity index (χ1v) is 6.01. The standard InChI is InChI=1S/C10H17N3OS/c1-4-8(2)12-9(14)7-15-10-11-5-6-13(10)3/h5-6,8H,4,7H2,1-3H3,(H,12,14). The number of aryl methyl sites for hydroxylation is 1. The molecule has 0 aliphatic heterocycles. The molecule has 0 saturated heterocycles. The van der Waals surface area contributed by atoms with Gasteiger partial charge in [-0.15, -0.1) is 0 Å². The molecule has 0 aliphatic rings. The first-order chi connectivity index (χ1) is 7.13. The molecule has 1 aromatic heterocycles. The van der Waals surface area contributed by atoms with Gasteiger partial charge < -0.3 is 9.88 Å². The molecule has 1 atom stereocenters. The molecular formula is C10H17N3OS. The zero-order valence-corrected chi connectivity index (χ0v) is 10.2. The SMILES string of the molecule is CCC(C)NC(=O)CSc1nccn1C. The highest BCUT2D eigenvalue weighted by Gasteiger charge is 2.07. The van der Waals surface area contributed by atoms with Crippen molar-refractivity contribution in [3.05, 3.63) is 12.4 Å². The summed E-state index contributed by atoms with van der Waals surface area (Å²) in [6, 6.07) is 0.250. The summed E-state index contributed by atoms with van der Waals surface area (Å²) in [4.78, 5) is 15.6. The first kappa shape index (κ1) is 12.1. The minimum atomic E-state index is 0.0670. The Labute approximate surface area is 94.5 Å². The normalized spacial score (nSPS) is 12.5. The summed E-state index contributed by atoms with van der Waals surface area (Å²) in [6.07, 6.45) is 4.56. The van der Waals surface area contributed by atoms with Crippen molar-refractivity contribution in [3.8, 4) is 0 Å². The van der Waals surface area contributed by atoms with Crippen molar-refractivity contribution in [2.75, 3.05) is 5.75 Å². The lowest BCUT2D eigenvalue weighted by Crippen LogP contribution is -2.33. The van der Waals surface area contributed by atoms with Crippen molar-refractivity contribution in [3.63, 3.8) is 0 Å². The van der Waals surface area contributed by atoms with Crippen LogP contribution in [-0.4, -0.2) is 27.3 Å². The van der Waals surface area contributed by atoms with Crippen LogP contribution >= 0.6 is 11.8 Å². The van der Waals surface area contributed by atoms with Gasteiger partial charge in [0.15, 0.2) is 5.16 Å². The van der Waals surface area contributed by atoms with Crippen molar-refractivity contribution in [2.24, 2.45) is 7.05 Å². The Kier molecular flexibility index (Phi) is 4.68. The van der Waals surface area contributed by atoms with Gasteiger partial charge in [0.1, 0.15) is 0 Å². The quantitative estimate of drug-likeness (QED) is 0.774. The molecule has 0 aromatic carbocycles. The second-order valence-corrected chi connectivity index (χ2v) is 4.43. The van der Waals surface area contributed by atoms with Crippen LogP contribution in [0.5, 0.6) is 0 Å². The van der Waals surface area contributed by atoms with Crippen LogP contribution < -0.4 is 5.32 Å². The van der Waals surface area contributed by atoms with E-state index >= 15 is 0 Å². The number of hydrogen-bond acceptors (Lipinski definition) is 3. The summed E-state index contributed by atoms with van der Waals surface area (Å²) < 4.78 is 1.90. The maximum Gasteiger partial charge on any atom is 0.230 e. The molecule has 0 radical (unpaired) electrons. The van der Waals surface area contributed by atoms with Crippen molar-refractivity contribution in [1.29, 1.82) is 0 Å². The Morgan fingerprint density at radius 1 is 1.73 bits per heavy atom. The number of thioether (sulfide) groups is 1. The second kappa shape index (κ2) is 5.80. The Bertz CT molecular complexity index is 324. The number of aromatic nitrogens is 2. The van der Waals surface area contributed by atoms with Crippen molar-refractivity contribution < 1.29 is 4.79 Å². The van der Waals surface area contributed by atoms with Crippen LogP contribution in [0.4, 0.5) is 0 Å². The molecule has 84 valence electrons. The number of carbonyl (C=O) groups excluding carboxylic acids is 1. The summed E-state index contributed by atoms with van der Waals surface area (Å²) >= 11 is 1.45. The number of hydrogen-bond donors (Lipinski definition) is 1. The van der Waals surface area contributed by atoms with Crippen LogP contribution in [0.25, 0.3) is 0 Å². The van der Waals surface area contributed by atoms with Gasteiger partial charge >= 0.3 is 0 Å².